The summed E-state index contributed by atoms with van der Waals surface area (Å²) in [6.45, 7) is 3.89. The van der Waals surface area contributed by atoms with Gasteiger partial charge in [-0.25, -0.2) is 5.43 Å². The van der Waals surface area contributed by atoms with E-state index in [1.807, 2.05) is 68.4 Å². The lowest BCUT2D eigenvalue weighted by Crippen LogP contribution is -2.26. The minimum atomic E-state index is -0.193. The van der Waals surface area contributed by atoms with Crippen molar-refractivity contribution in [2.75, 3.05) is 0 Å². The van der Waals surface area contributed by atoms with Gasteiger partial charge in [0, 0.05) is 4.90 Å². The lowest BCUT2D eigenvalue weighted by Gasteiger charge is -2.08. The molecule has 0 aliphatic heterocycles. The van der Waals surface area contributed by atoms with E-state index >= 15 is 0 Å². The summed E-state index contributed by atoms with van der Waals surface area (Å²) in [5.74, 6) is -0.104. The summed E-state index contributed by atoms with van der Waals surface area (Å²) in [6, 6.07) is 17.8. The molecule has 0 fully saturated rings. The van der Waals surface area contributed by atoms with Crippen LogP contribution in [0.4, 0.5) is 0 Å². The Kier molecular flexibility index (Phi) is 5.58. The zero-order valence-corrected chi connectivity index (χ0v) is 12.9. The number of amides is 1. The molecule has 3 nitrogen and oxygen atoms in total. The molecule has 0 aromatic heterocycles. The maximum atomic E-state index is 12.0. The Morgan fingerprint density at radius 2 is 1.95 bits per heavy atom. The number of rotatable bonds is 5. The van der Waals surface area contributed by atoms with Crippen molar-refractivity contribution in [3.05, 3.63) is 65.7 Å². The molecule has 0 saturated carbocycles. The van der Waals surface area contributed by atoms with E-state index in [1.165, 1.54) is 17.3 Å². The third-order valence-corrected chi connectivity index (χ3v) is 3.97. The Morgan fingerprint density at radius 1 is 1.19 bits per heavy atom. The van der Waals surface area contributed by atoms with Crippen molar-refractivity contribution in [2.24, 2.45) is 5.10 Å². The van der Waals surface area contributed by atoms with Gasteiger partial charge in [-0.3, -0.25) is 4.79 Å². The zero-order chi connectivity index (χ0) is 15.1. The highest BCUT2D eigenvalue weighted by molar-refractivity contribution is 8.00. The zero-order valence-electron chi connectivity index (χ0n) is 12.1. The van der Waals surface area contributed by atoms with Crippen molar-refractivity contribution in [2.45, 2.75) is 24.0 Å². The van der Waals surface area contributed by atoms with E-state index in [1.54, 1.807) is 6.21 Å². The second-order valence-electron chi connectivity index (χ2n) is 4.72. The first kappa shape index (κ1) is 15.3. The Bertz CT molecular complexity index is 626. The van der Waals surface area contributed by atoms with Gasteiger partial charge >= 0.3 is 0 Å². The standard InChI is InChI=1S/C17H18N2OS/c1-13-7-6-8-15(11-13)12-18-19-17(20)14(2)21-16-9-4-3-5-10-16/h3-12,14H,1-2H3,(H,19,20)/b18-12+. The van der Waals surface area contributed by atoms with Crippen LogP contribution in [0.3, 0.4) is 0 Å². The number of nitrogens with one attached hydrogen (secondary N) is 1. The summed E-state index contributed by atoms with van der Waals surface area (Å²) in [7, 11) is 0. The Hall–Kier alpha value is -2.07. The summed E-state index contributed by atoms with van der Waals surface area (Å²) in [5.41, 5.74) is 4.72. The van der Waals surface area contributed by atoms with E-state index in [0.717, 1.165) is 10.5 Å². The number of aryl methyl sites for hydroxylation is 1. The number of thioether (sulfide) groups is 1. The molecule has 0 spiro atoms. The smallest absolute Gasteiger partial charge is 0.253 e. The van der Waals surface area contributed by atoms with Crippen molar-refractivity contribution in [1.82, 2.24) is 5.43 Å². The van der Waals surface area contributed by atoms with Gasteiger partial charge in [-0.05, 0) is 31.5 Å². The van der Waals surface area contributed by atoms with E-state index in [9.17, 15) is 4.79 Å². The molecule has 1 unspecified atom stereocenters. The van der Waals surface area contributed by atoms with Gasteiger partial charge < -0.3 is 0 Å². The van der Waals surface area contributed by atoms with E-state index < -0.39 is 0 Å². The third-order valence-electron chi connectivity index (χ3n) is 2.86. The predicted octanol–water partition coefficient (Wildman–Crippen LogP) is 3.63. The largest absolute Gasteiger partial charge is 0.272 e. The van der Waals surface area contributed by atoms with Crippen molar-refractivity contribution in [3.8, 4) is 0 Å². The van der Waals surface area contributed by atoms with Gasteiger partial charge in [-0.2, -0.15) is 5.10 Å². The molecule has 0 aliphatic carbocycles. The van der Waals surface area contributed by atoms with E-state index in [2.05, 4.69) is 10.5 Å². The Morgan fingerprint density at radius 3 is 2.67 bits per heavy atom. The van der Waals surface area contributed by atoms with E-state index in [0.29, 0.717) is 0 Å². The fraction of sp³-hybridized carbons (Fsp3) is 0.176. The number of hydrazone groups is 1. The highest BCUT2D eigenvalue weighted by Crippen LogP contribution is 2.22. The normalized spacial score (nSPS) is 12.3. The maximum absolute atomic E-state index is 12.0. The van der Waals surface area contributed by atoms with E-state index in [-0.39, 0.29) is 11.2 Å². The van der Waals surface area contributed by atoms with Crippen molar-refractivity contribution in [3.63, 3.8) is 0 Å². The quantitative estimate of drug-likeness (QED) is 0.520. The lowest BCUT2D eigenvalue weighted by molar-refractivity contribution is -0.120. The molecule has 0 radical (unpaired) electrons. The highest BCUT2D eigenvalue weighted by atomic mass is 32.2. The van der Waals surface area contributed by atoms with Crippen LogP contribution in [0.2, 0.25) is 0 Å². The van der Waals surface area contributed by atoms with Crippen LogP contribution in [-0.2, 0) is 4.79 Å². The van der Waals surface area contributed by atoms with Gasteiger partial charge in [-0.1, -0.05) is 48.0 Å². The van der Waals surface area contributed by atoms with Crippen LogP contribution in [0.15, 0.2) is 64.6 Å². The highest BCUT2D eigenvalue weighted by Gasteiger charge is 2.13. The fourth-order valence-electron chi connectivity index (χ4n) is 1.77. The van der Waals surface area contributed by atoms with Gasteiger partial charge in [0.2, 0.25) is 0 Å². The fourth-order valence-corrected chi connectivity index (χ4v) is 2.65. The summed E-state index contributed by atoms with van der Waals surface area (Å²) < 4.78 is 0. The molecule has 0 aliphatic rings. The van der Waals surface area contributed by atoms with Crippen LogP contribution in [-0.4, -0.2) is 17.4 Å². The maximum Gasteiger partial charge on any atom is 0.253 e. The van der Waals surface area contributed by atoms with Crippen LogP contribution >= 0.6 is 11.8 Å². The predicted molar refractivity (Wildman–Crippen MR) is 88.7 cm³/mol. The second kappa shape index (κ2) is 7.64. The molecule has 1 amide bonds. The molecule has 0 heterocycles. The van der Waals surface area contributed by atoms with Gasteiger partial charge in [0.1, 0.15) is 0 Å². The third kappa shape index (κ3) is 5.08. The molecular weight excluding hydrogens is 280 g/mol. The van der Waals surface area contributed by atoms with Crippen molar-refractivity contribution >= 4 is 23.9 Å². The number of carbonyl (C=O) groups excluding carboxylic acids is 1. The van der Waals surface area contributed by atoms with Gasteiger partial charge in [0.15, 0.2) is 0 Å². The SMILES string of the molecule is Cc1cccc(/C=N/NC(=O)C(C)Sc2ccccc2)c1. The first-order chi connectivity index (χ1) is 10.1. The minimum absolute atomic E-state index is 0.104. The van der Waals surface area contributed by atoms with Crippen LogP contribution in [0.25, 0.3) is 0 Å². The van der Waals surface area contributed by atoms with Crippen LogP contribution in [0.1, 0.15) is 18.1 Å². The topological polar surface area (TPSA) is 41.5 Å². The van der Waals surface area contributed by atoms with Gasteiger partial charge in [-0.15, -0.1) is 11.8 Å². The number of hydrogen-bond donors (Lipinski definition) is 1. The van der Waals surface area contributed by atoms with Crippen LogP contribution in [0.5, 0.6) is 0 Å². The molecule has 2 aromatic rings. The van der Waals surface area contributed by atoms with Crippen molar-refractivity contribution < 1.29 is 4.79 Å². The Labute approximate surface area is 129 Å². The molecule has 0 bridgehead atoms. The van der Waals surface area contributed by atoms with E-state index in [4.69, 9.17) is 0 Å². The van der Waals surface area contributed by atoms with Crippen molar-refractivity contribution in [1.29, 1.82) is 0 Å². The number of benzene rings is 2. The molecule has 2 rings (SSSR count). The summed E-state index contributed by atoms with van der Waals surface area (Å²) >= 11 is 1.51. The van der Waals surface area contributed by atoms with Crippen LogP contribution < -0.4 is 5.43 Å². The second-order valence-corrected chi connectivity index (χ2v) is 6.14. The van der Waals surface area contributed by atoms with Crippen LogP contribution in [0, 0.1) is 6.92 Å². The Balaban J connectivity index is 1.86. The monoisotopic (exact) mass is 298 g/mol. The molecule has 1 atom stereocenters. The number of hydrogen-bond acceptors (Lipinski definition) is 3. The minimum Gasteiger partial charge on any atom is -0.272 e. The molecular formula is C17H18N2OS. The number of nitrogens with zero attached hydrogens (tertiary/aromatic N) is 1. The average Bonchev–Trinajstić information content (AvgIpc) is 2.48. The molecule has 0 saturated heterocycles. The summed E-state index contributed by atoms with van der Waals surface area (Å²) in [6.07, 6.45) is 1.66. The lowest BCUT2D eigenvalue weighted by atomic mass is 10.2. The molecule has 108 valence electrons. The number of carbonyl (C=O) groups is 1. The first-order valence-electron chi connectivity index (χ1n) is 6.76. The summed E-state index contributed by atoms with van der Waals surface area (Å²) in [4.78, 5) is 13.0. The van der Waals surface area contributed by atoms with Gasteiger partial charge in [0.05, 0.1) is 11.5 Å². The molecule has 4 heteroatoms. The van der Waals surface area contributed by atoms with Gasteiger partial charge in [0.25, 0.3) is 5.91 Å². The first-order valence-corrected chi connectivity index (χ1v) is 7.64. The molecule has 21 heavy (non-hydrogen) atoms. The average molecular weight is 298 g/mol. The molecule has 1 N–H and O–H groups in total. The summed E-state index contributed by atoms with van der Waals surface area (Å²) in [5, 5.41) is 3.81. The molecule has 2 aromatic carbocycles.